The minimum atomic E-state index is -1.25. The predicted octanol–water partition coefficient (Wildman–Crippen LogP) is 3.31. The van der Waals surface area contributed by atoms with Crippen LogP contribution in [-0.2, 0) is 4.79 Å². The molecule has 0 saturated carbocycles. The molecule has 3 N–H and O–H groups in total. The molecule has 0 atom stereocenters. The van der Waals surface area contributed by atoms with Crippen molar-refractivity contribution >= 4 is 22.8 Å². The Morgan fingerprint density at radius 2 is 2.07 bits per heavy atom. The molecular formula is C17H23F3N6O. The molecular weight excluding hydrogens is 361 g/mol. The molecule has 7 nitrogen and oxygen atoms in total. The van der Waals surface area contributed by atoms with Gasteiger partial charge in [0.25, 0.3) is 0 Å². The summed E-state index contributed by atoms with van der Waals surface area (Å²) >= 11 is 0. The molecule has 0 bridgehead atoms. The summed E-state index contributed by atoms with van der Waals surface area (Å²) in [7, 11) is 0. The zero-order valence-corrected chi connectivity index (χ0v) is 14.6. The number of alkyl halides is 1. The number of anilines is 1. The van der Waals surface area contributed by atoms with Gasteiger partial charge in [0, 0.05) is 28.0 Å². The van der Waals surface area contributed by atoms with E-state index < -0.39 is 29.8 Å². The Morgan fingerprint density at radius 3 is 2.81 bits per heavy atom. The van der Waals surface area contributed by atoms with Crippen molar-refractivity contribution in [3.8, 4) is 11.4 Å². The van der Waals surface area contributed by atoms with Gasteiger partial charge in [-0.15, -0.1) is 0 Å². The van der Waals surface area contributed by atoms with Crippen LogP contribution in [0.2, 0.25) is 0 Å². The largest absolute Gasteiger partial charge is 0.354 e. The van der Waals surface area contributed by atoms with E-state index in [0.29, 0.717) is 16.6 Å². The second kappa shape index (κ2) is 7.22. The Balaban J connectivity index is 0.00000280. The molecule has 27 heavy (non-hydrogen) atoms. The molecule has 0 saturated heterocycles. The third-order valence-corrected chi connectivity index (χ3v) is 3.86. The maximum absolute atomic E-state index is 14.2. The van der Waals surface area contributed by atoms with Crippen molar-refractivity contribution in [2.45, 2.75) is 19.4 Å². The third kappa shape index (κ3) is 3.83. The number of hydrogen-bond donors (Lipinski definition) is 3. The number of carbonyl (C=O) groups excluding carboxylic acids is 1. The van der Waals surface area contributed by atoms with Crippen molar-refractivity contribution in [2.75, 3.05) is 18.5 Å². The number of aromatic amines is 1. The molecule has 3 aromatic rings. The van der Waals surface area contributed by atoms with Crippen LogP contribution in [0.4, 0.5) is 19.0 Å². The van der Waals surface area contributed by atoms with Crippen LogP contribution in [0.25, 0.3) is 22.4 Å². The highest BCUT2D eigenvalue weighted by Crippen LogP contribution is 2.27. The minimum absolute atomic E-state index is 0. The van der Waals surface area contributed by atoms with Gasteiger partial charge >= 0.3 is 0 Å². The quantitative estimate of drug-likeness (QED) is 0.606. The summed E-state index contributed by atoms with van der Waals surface area (Å²) in [6.07, 6.45) is 3.55. The summed E-state index contributed by atoms with van der Waals surface area (Å²) in [5.41, 5.74) is -0.394. The first kappa shape index (κ1) is 18.6. The second-order valence-corrected chi connectivity index (χ2v) is 6.34. The van der Waals surface area contributed by atoms with Crippen LogP contribution in [0.15, 0.2) is 24.7 Å². The first-order valence-electron chi connectivity index (χ1n) is 8.10. The van der Waals surface area contributed by atoms with Crippen LogP contribution in [-0.4, -0.2) is 44.6 Å². The van der Waals surface area contributed by atoms with Gasteiger partial charge in [-0.05, 0) is 19.9 Å². The molecule has 0 aliphatic carbocycles. The fraction of sp³-hybridized carbons (Fsp3) is 0.294. The lowest BCUT2D eigenvalue weighted by molar-refractivity contribution is -0.124. The summed E-state index contributed by atoms with van der Waals surface area (Å²) in [6, 6.07) is 1.27. The lowest BCUT2D eigenvalue weighted by atomic mass is 10.0. The molecule has 0 spiro atoms. The normalized spacial score (nSPS) is 11.6. The molecule has 0 unspecified atom stereocenters. The summed E-state index contributed by atoms with van der Waals surface area (Å²) < 4.78 is 39.9. The number of fused-ring (bicyclic) bond motifs is 1. The van der Waals surface area contributed by atoms with Crippen molar-refractivity contribution in [2.24, 2.45) is 0 Å². The Kier molecular flexibility index (Phi) is 4.98. The van der Waals surface area contributed by atoms with Crippen molar-refractivity contribution < 1.29 is 22.2 Å². The minimum Gasteiger partial charge on any atom is -0.354 e. The highest BCUT2D eigenvalue weighted by Gasteiger charge is 2.29. The molecule has 0 aliphatic heterocycles. The number of nitrogens with one attached hydrogen (secondary N) is 3. The van der Waals surface area contributed by atoms with Gasteiger partial charge < -0.3 is 15.6 Å². The lowest BCUT2D eigenvalue weighted by Gasteiger charge is -2.25. The SMILES string of the molecule is CC(C)(Nc1nc(-c2c[nH]c3ncc(F)cc23)ncc1F)C(=O)NCCF.[HH].[HH].[HH]. The first-order valence-corrected chi connectivity index (χ1v) is 8.10. The van der Waals surface area contributed by atoms with Crippen LogP contribution in [0.3, 0.4) is 0 Å². The highest BCUT2D eigenvalue weighted by molar-refractivity contribution is 5.92. The average molecular weight is 384 g/mol. The molecule has 3 rings (SSSR count). The van der Waals surface area contributed by atoms with Crippen molar-refractivity contribution in [1.29, 1.82) is 0 Å². The highest BCUT2D eigenvalue weighted by atomic mass is 19.1. The third-order valence-electron chi connectivity index (χ3n) is 3.86. The number of rotatable bonds is 6. The van der Waals surface area contributed by atoms with E-state index in [0.717, 1.165) is 12.4 Å². The maximum atomic E-state index is 14.2. The van der Waals surface area contributed by atoms with Gasteiger partial charge in [-0.1, -0.05) is 0 Å². The zero-order valence-electron chi connectivity index (χ0n) is 14.6. The number of halogens is 3. The van der Waals surface area contributed by atoms with Crippen LogP contribution in [0.1, 0.15) is 18.1 Å². The number of aromatic nitrogens is 4. The van der Waals surface area contributed by atoms with E-state index in [2.05, 4.69) is 30.6 Å². The van der Waals surface area contributed by atoms with Crippen LogP contribution in [0, 0.1) is 11.6 Å². The predicted molar refractivity (Wildman–Crippen MR) is 100 cm³/mol. The van der Waals surface area contributed by atoms with E-state index in [1.165, 1.54) is 26.1 Å². The molecule has 0 aromatic carbocycles. The fourth-order valence-corrected chi connectivity index (χ4v) is 2.48. The Morgan fingerprint density at radius 1 is 1.30 bits per heavy atom. The number of H-pyrrole nitrogens is 1. The monoisotopic (exact) mass is 384 g/mol. The van der Waals surface area contributed by atoms with Gasteiger partial charge in [-0.3, -0.25) is 4.79 Å². The van der Waals surface area contributed by atoms with Crippen LogP contribution in [0.5, 0.6) is 0 Å². The standard InChI is InChI=1S/C17H17F3N6O.3H2/c1-17(2,16(27)21-4-3-18)26-15-12(20)8-24-14(25-15)11-7-23-13-10(11)5-9(19)6-22-13;;;/h5-8H,3-4H2,1-2H3,(H,21,27)(H,22,23)(H,24,25,26);3*1H. The fourth-order valence-electron chi connectivity index (χ4n) is 2.48. The Labute approximate surface area is 156 Å². The molecule has 3 heterocycles. The number of pyridine rings is 1. The van der Waals surface area contributed by atoms with E-state index in [1.54, 1.807) is 0 Å². The number of nitrogens with zero attached hydrogens (tertiary/aromatic N) is 3. The van der Waals surface area contributed by atoms with E-state index in [9.17, 15) is 18.0 Å². The molecule has 0 radical (unpaired) electrons. The molecule has 0 aliphatic rings. The van der Waals surface area contributed by atoms with E-state index in [1.807, 2.05) is 0 Å². The van der Waals surface area contributed by atoms with Crippen molar-refractivity contribution in [3.05, 3.63) is 36.3 Å². The number of hydrogen-bond acceptors (Lipinski definition) is 5. The Bertz CT molecular complexity index is 1000. The molecule has 0 fully saturated rings. The van der Waals surface area contributed by atoms with Gasteiger partial charge in [0.15, 0.2) is 17.5 Å². The van der Waals surface area contributed by atoms with Gasteiger partial charge in [-0.2, -0.15) is 0 Å². The second-order valence-electron chi connectivity index (χ2n) is 6.34. The van der Waals surface area contributed by atoms with Gasteiger partial charge in [-0.25, -0.2) is 28.1 Å². The van der Waals surface area contributed by atoms with Gasteiger partial charge in [0.2, 0.25) is 5.91 Å². The summed E-state index contributed by atoms with van der Waals surface area (Å²) in [5, 5.41) is 5.52. The van der Waals surface area contributed by atoms with Gasteiger partial charge in [0.1, 0.15) is 23.7 Å². The molecule has 148 valence electrons. The average Bonchev–Trinajstić information content (AvgIpc) is 3.04. The van der Waals surface area contributed by atoms with E-state index >= 15 is 0 Å². The van der Waals surface area contributed by atoms with Crippen molar-refractivity contribution in [3.63, 3.8) is 0 Å². The van der Waals surface area contributed by atoms with Crippen LogP contribution < -0.4 is 10.6 Å². The smallest absolute Gasteiger partial charge is 0.245 e. The summed E-state index contributed by atoms with van der Waals surface area (Å²) in [5.74, 6) is -1.90. The lowest BCUT2D eigenvalue weighted by Crippen LogP contribution is -2.48. The zero-order chi connectivity index (χ0) is 19.6. The van der Waals surface area contributed by atoms with E-state index in [-0.39, 0.29) is 22.5 Å². The molecule has 10 heteroatoms. The molecule has 3 aromatic heterocycles. The molecule has 1 amide bonds. The summed E-state index contributed by atoms with van der Waals surface area (Å²) in [6.45, 7) is 2.16. The number of amides is 1. The topological polar surface area (TPSA) is 95.6 Å². The maximum Gasteiger partial charge on any atom is 0.245 e. The first-order chi connectivity index (χ1) is 12.8. The van der Waals surface area contributed by atoms with Crippen LogP contribution >= 0.6 is 0 Å². The number of carbonyl (C=O) groups is 1. The Hall–Kier alpha value is -3.17. The van der Waals surface area contributed by atoms with E-state index in [4.69, 9.17) is 0 Å². The summed E-state index contributed by atoms with van der Waals surface area (Å²) in [4.78, 5) is 26.9. The van der Waals surface area contributed by atoms with Gasteiger partial charge in [0.05, 0.1) is 12.4 Å². The van der Waals surface area contributed by atoms with Crippen molar-refractivity contribution in [1.82, 2.24) is 25.3 Å².